The van der Waals surface area contributed by atoms with Gasteiger partial charge in [-0.3, -0.25) is 14.9 Å². The maximum Gasteiger partial charge on any atom is 0.257 e. The first-order valence-electron chi connectivity index (χ1n) is 14.1. The zero-order valence-corrected chi connectivity index (χ0v) is 24.3. The number of amides is 1. The summed E-state index contributed by atoms with van der Waals surface area (Å²) in [6.45, 7) is 7.17. The topological polar surface area (TPSA) is 75.2 Å². The Bertz CT molecular complexity index is 1760. The number of rotatable bonds is 7. The van der Waals surface area contributed by atoms with E-state index in [-0.39, 0.29) is 11.7 Å². The molecule has 206 valence electrons. The Kier molecular flexibility index (Phi) is 7.37. The monoisotopic (exact) mass is 560 g/mol. The Morgan fingerprint density at radius 1 is 0.951 bits per heavy atom. The van der Waals surface area contributed by atoms with Crippen molar-refractivity contribution in [2.45, 2.75) is 46.6 Å². The van der Waals surface area contributed by atoms with Crippen LogP contribution in [0.5, 0.6) is 0 Å². The summed E-state index contributed by atoms with van der Waals surface area (Å²) < 4.78 is 1.03. The minimum Gasteiger partial charge on any atom is -0.352 e. The number of nitrogens with zero attached hydrogens (tertiary/aromatic N) is 3. The summed E-state index contributed by atoms with van der Waals surface area (Å²) in [5, 5.41) is 3.60. The van der Waals surface area contributed by atoms with E-state index < -0.39 is 0 Å². The highest BCUT2D eigenvalue weighted by molar-refractivity contribution is 7.22. The molecule has 0 bridgehead atoms. The van der Waals surface area contributed by atoms with Crippen LogP contribution in [0, 0.1) is 6.92 Å². The first kappa shape index (κ1) is 26.8. The number of carbonyl (C=O) groups is 2. The average molecular weight is 561 g/mol. The van der Waals surface area contributed by atoms with Crippen LogP contribution in [-0.2, 0) is 19.4 Å². The van der Waals surface area contributed by atoms with Crippen molar-refractivity contribution >= 4 is 44.2 Å². The summed E-state index contributed by atoms with van der Waals surface area (Å²) in [4.78, 5) is 37.9. The summed E-state index contributed by atoms with van der Waals surface area (Å²) in [6, 6.07) is 24.1. The molecule has 0 fully saturated rings. The third-order valence-corrected chi connectivity index (χ3v) is 8.78. The largest absolute Gasteiger partial charge is 0.352 e. The molecule has 1 aliphatic heterocycles. The van der Waals surface area contributed by atoms with Gasteiger partial charge in [-0.1, -0.05) is 67.1 Å². The zero-order chi connectivity index (χ0) is 28.5. The van der Waals surface area contributed by atoms with Crippen LogP contribution < -0.4 is 10.2 Å². The fourth-order valence-corrected chi connectivity index (χ4v) is 6.57. The lowest BCUT2D eigenvalue weighted by Crippen LogP contribution is -2.33. The third-order valence-electron chi connectivity index (χ3n) is 7.83. The fourth-order valence-electron chi connectivity index (χ4n) is 5.71. The lowest BCUT2D eigenvalue weighted by molar-refractivity contribution is 0.101. The molecule has 3 heterocycles. The van der Waals surface area contributed by atoms with Gasteiger partial charge < -0.3 is 4.90 Å². The van der Waals surface area contributed by atoms with Crippen LogP contribution in [0.4, 0.5) is 10.9 Å². The van der Waals surface area contributed by atoms with Crippen LogP contribution >= 0.6 is 11.3 Å². The number of Topliss-reactive ketones (excluding diaryl/α,β-unsaturated/α-hetero) is 1. The van der Waals surface area contributed by atoms with Gasteiger partial charge >= 0.3 is 0 Å². The first-order valence-corrected chi connectivity index (χ1v) is 14.9. The maximum atomic E-state index is 13.4. The summed E-state index contributed by atoms with van der Waals surface area (Å²) in [5.41, 5.74) is 8.54. The van der Waals surface area contributed by atoms with E-state index in [2.05, 4.69) is 53.3 Å². The molecule has 0 spiro atoms. The highest BCUT2D eigenvalue weighted by atomic mass is 32.1. The van der Waals surface area contributed by atoms with Crippen LogP contribution in [0.3, 0.4) is 0 Å². The highest BCUT2D eigenvalue weighted by Crippen LogP contribution is 2.33. The zero-order valence-electron chi connectivity index (χ0n) is 23.5. The van der Waals surface area contributed by atoms with Crippen molar-refractivity contribution in [3.63, 3.8) is 0 Å². The standard InChI is InChI=1S/C34H32N4O2S/c1-4-9-23-10-7-12-25(21(23)2)26-16-17-31(36-32(26)22(3)39)38-19-18-24-11-8-13-27(28(24)20-38)33(40)37-34-35-29-14-5-6-15-30(29)41-34/h5-8,10-17H,4,9,18-20H2,1-3H3,(H,35,37,40). The number of hydrogen-bond donors (Lipinski definition) is 1. The number of aromatic nitrogens is 2. The Labute approximate surface area is 244 Å². The van der Waals surface area contributed by atoms with E-state index in [4.69, 9.17) is 4.98 Å². The number of fused-ring (bicyclic) bond motifs is 2. The predicted octanol–water partition coefficient (Wildman–Crippen LogP) is 7.64. The van der Waals surface area contributed by atoms with Crippen molar-refractivity contribution < 1.29 is 9.59 Å². The molecule has 2 aromatic heterocycles. The predicted molar refractivity (Wildman–Crippen MR) is 167 cm³/mol. The van der Waals surface area contributed by atoms with E-state index in [1.807, 2.05) is 48.5 Å². The molecule has 0 saturated carbocycles. The van der Waals surface area contributed by atoms with E-state index in [1.54, 1.807) is 6.92 Å². The molecule has 0 unspecified atom stereocenters. The minimum atomic E-state index is -0.169. The molecule has 1 aliphatic rings. The van der Waals surface area contributed by atoms with Gasteiger partial charge in [0, 0.05) is 31.1 Å². The Hall–Kier alpha value is -4.36. The van der Waals surface area contributed by atoms with Crippen molar-refractivity contribution in [1.82, 2.24) is 9.97 Å². The number of pyridine rings is 1. The van der Waals surface area contributed by atoms with Crippen molar-refractivity contribution in [2.75, 3.05) is 16.8 Å². The van der Waals surface area contributed by atoms with Gasteiger partial charge in [0.1, 0.15) is 11.5 Å². The van der Waals surface area contributed by atoms with Gasteiger partial charge in [0.25, 0.3) is 5.91 Å². The number of ketones is 1. The summed E-state index contributed by atoms with van der Waals surface area (Å²) in [7, 11) is 0. The van der Waals surface area contributed by atoms with E-state index >= 15 is 0 Å². The molecular formula is C34H32N4O2S. The SMILES string of the molecule is CCCc1cccc(-c2ccc(N3CCc4cccc(C(=O)Nc5nc6ccccc6s5)c4C3)nc2C(C)=O)c1C. The summed E-state index contributed by atoms with van der Waals surface area (Å²) in [5.74, 6) is 0.515. The Morgan fingerprint density at radius 3 is 2.59 bits per heavy atom. The molecule has 6 rings (SSSR count). The minimum absolute atomic E-state index is 0.0598. The van der Waals surface area contributed by atoms with Gasteiger partial charge in [0.15, 0.2) is 10.9 Å². The first-order chi connectivity index (χ1) is 19.9. The van der Waals surface area contributed by atoms with Crippen LogP contribution in [-0.4, -0.2) is 28.2 Å². The molecule has 1 N–H and O–H groups in total. The fraction of sp³-hybridized carbons (Fsp3) is 0.235. The van der Waals surface area contributed by atoms with Gasteiger partial charge in [-0.15, -0.1) is 0 Å². The number of anilines is 2. The Balaban J connectivity index is 1.30. The average Bonchev–Trinajstić information content (AvgIpc) is 3.40. The molecule has 0 saturated heterocycles. The number of hydrogen-bond acceptors (Lipinski definition) is 6. The molecule has 7 heteroatoms. The van der Waals surface area contributed by atoms with E-state index in [9.17, 15) is 9.59 Å². The molecule has 0 atom stereocenters. The second-order valence-corrected chi connectivity index (χ2v) is 11.5. The van der Waals surface area contributed by atoms with Gasteiger partial charge in [-0.2, -0.15) is 0 Å². The molecule has 1 amide bonds. The number of nitrogens with one attached hydrogen (secondary N) is 1. The van der Waals surface area contributed by atoms with Crippen LogP contribution in [0.1, 0.15) is 63.4 Å². The second kappa shape index (κ2) is 11.3. The third kappa shape index (κ3) is 5.25. The number of carbonyl (C=O) groups excluding carboxylic acids is 2. The summed E-state index contributed by atoms with van der Waals surface area (Å²) >= 11 is 1.47. The van der Waals surface area contributed by atoms with Crippen LogP contribution in [0.2, 0.25) is 0 Å². The number of aryl methyl sites for hydroxylation is 1. The number of benzene rings is 3. The number of para-hydroxylation sites is 1. The van der Waals surface area contributed by atoms with Gasteiger partial charge in [-0.05, 0) is 77.9 Å². The normalized spacial score (nSPS) is 12.8. The highest BCUT2D eigenvalue weighted by Gasteiger charge is 2.25. The van der Waals surface area contributed by atoms with Crippen molar-refractivity contribution in [3.8, 4) is 11.1 Å². The lowest BCUT2D eigenvalue weighted by Gasteiger charge is -2.31. The number of thiazole rings is 1. The molecule has 5 aromatic rings. The molecule has 3 aromatic carbocycles. The van der Waals surface area contributed by atoms with Gasteiger partial charge in [-0.25, -0.2) is 9.97 Å². The van der Waals surface area contributed by atoms with Crippen molar-refractivity contribution in [1.29, 1.82) is 0 Å². The van der Waals surface area contributed by atoms with Crippen LogP contribution in [0.15, 0.2) is 72.8 Å². The summed E-state index contributed by atoms with van der Waals surface area (Å²) in [6.07, 6.45) is 2.86. The molecular weight excluding hydrogens is 528 g/mol. The van der Waals surface area contributed by atoms with E-state index in [0.717, 1.165) is 64.1 Å². The Morgan fingerprint density at radius 2 is 1.78 bits per heavy atom. The van der Waals surface area contributed by atoms with Crippen molar-refractivity contribution in [3.05, 3.63) is 106 Å². The molecule has 41 heavy (non-hydrogen) atoms. The smallest absolute Gasteiger partial charge is 0.257 e. The van der Waals surface area contributed by atoms with Gasteiger partial charge in [0.2, 0.25) is 0 Å². The van der Waals surface area contributed by atoms with Crippen molar-refractivity contribution in [2.24, 2.45) is 0 Å². The molecule has 0 radical (unpaired) electrons. The molecule has 0 aliphatic carbocycles. The second-order valence-electron chi connectivity index (χ2n) is 10.5. The molecule has 6 nitrogen and oxygen atoms in total. The van der Waals surface area contributed by atoms with Gasteiger partial charge in [0.05, 0.1) is 10.2 Å². The van der Waals surface area contributed by atoms with E-state index in [1.165, 1.54) is 22.5 Å². The van der Waals surface area contributed by atoms with Crippen LogP contribution in [0.25, 0.3) is 21.3 Å². The quantitative estimate of drug-likeness (QED) is 0.207. The van der Waals surface area contributed by atoms with E-state index in [0.29, 0.717) is 22.9 Å². The maximum absolute atomic E-state index is 13.4. The lowest BCUT2D eigenvalue weighted by atomic mass is 9.92.